The van der Waals surface area contributed by atoms with E-state index in [0.29, 0.717) is 35.2 Å². The van der Waals surface area contributed by atoms with E-state index in [0.717, 1.165) is 5.56 Å². The summed E-state index contributed by atoms with van der Waals surface area (Å²) in [5.74, 6) is 0.936. The fourth-order valence-corrected chi connectivity index (χ4v) is 2.58. The summed E-state index contributed by atoms with van der Waals surface area (Å²) in [5.41, 5.74) is 1.67. The molecule has 0 atom stereocenters. The fourth-order valence-electron chi connectivity index (χ4n) is 2.45. The van der Waals surface area contributed by atoms with Gasteiger partial charge >= 0.3 is 0 Å². The van der Waals surface area contributed by atoms with Crippen LogP contribution in [0.25, 0.3) is 0 Å². The van der Waals surface area contributed by atoms with Gasteiger partial charge in [-0.1, -0.05) is 17.7 Å². The highest BCUT2D eigenvalue weighted by Crippen LogP contribution is 2.27. The molecule has 0 unspecified atom stereocenters. The number of hydrogen-bond acceptors (Lipinski definition) is 4. The highest BCUT2D eigenvalue weighted by molar-refractivity contribution is 6.30. The molecule has 0 fully saturated rings. The lowest BCUT2D eigenvalue weighted by Crippen LogP contribution is -2.26. The minimum absolute atomic E-state index is 0.116. The van der Waals surface area contributed by atoms with Crippen molar-refractivity contribution in [1.82, 2.24) is 5.32 Å². The van der Waals surface area contributed by atoms with Crippen LogP contribution in [-0.4, -0.2) is 32.6 Å². The molecule has 2 rings (SSSR count). The van der Waals surface area contributed by atoms with E-state index < -0.39 is 0 Å². The molecule has 2 N–H and O–H groups in total. The lowest BCUT2D eigenvalue weighted by molar-refractivity contribution is -0.124. The molecule has 0 heterocycles. The molecule has 0 bridgehead atoms. The van der Waals surface area contributed by atoms with Crippen LogP contribution in [0.4, 0.5) is 5.69 Å². The normalized spacial score (nSPS) is 10.2. The van der Waals surface area contributed by atoms with Crippen LogP contribution in [-0.2, 0) is 16.0 Å². The molecule has 0 saturated carbocycles. The predicted molar refractivity (Wildman–Crippen MR) is 106 cm³/mol. The summed E-state index contributed by atoms with van der Waals surface area (Å²) in [6, 6.07) is 12.4. The van der Waals surface area contributed by atoms with Gasteiger partial charge in [-0.2, -0.15) is 0 Å². The second-order valence-electron chi connectivity index (χ2n) is 5.84. The topological polar surface area (TPSA) is 76.7 Å². The number of benzene rings is 2. The SMILES string of the molecule is COc1ccc(CCNC(=O)CCC(=O)Nc2ccc(Cl)cc2)cc1OC. The molecule has 0 aromatic heterocycles. The number of amides is 2. The average Bonchev–Trinajstić information content (AvgIpc) is 2.68. The molecule has 0 aliphatic carbocycles. The summed E-state index contributed by atoms with van der Waals surface area (Å²) in [5, 5.41) is 6.14. The molecule has 2 aromatic carbocycles. The van der Waals surface area contributed by atoms with Crippen molar-refractivity contribution in [3.05, 3.63) is 53.1 Å². The third-order valence-corrected chi connectivity index (χ3v) is 4.14. The van der Waals surface area contributed by atoms with Gasteiger partial charge in [-0.25, -0.2) is 0 Å². The molecular formula is C20H23ClN2O4. The Balaban J connectivity index is 1.70. The van der Waals surface area contributed by atoms with Crippen molar-refractivity contribution in [3.8, 4) is 11.5 Å². The van der Waals surface area contributed by atoms with Crippen molar-refractivity contribution in [1.29, 1.82) is 0 Å². The zero-order chi connectivity index (χ0) is 19.6. The zero-order valence-corrected chi connectivity index (χ0v) is 16.1. The van der Waals surface area contributed by atoms with E-state index >= 15 is 0 Å². The largest absolute Gasteiger partial charge is 0.493 e. The van der Waals surface area contributed by atoms with Crippen molar-refractivity contribution < 1.29 is 19.1 Å². The van der Waals surface area contributed by atoms with Gasteiger partial charge in [0, 0.05) is 30.1 Å². The van der Waals surface area contributed by atoms with Crippen molar-refractivity contribution in [2.24, 2.45) is 0 Å². The summed E-state index contributed by atoms with van der Waals surface area (Å²) in [6.45, 7) is 0.479. The summed E-state index contributed by atoms with van der Waals surface area (Å²) in [6.07, 6.45) is 0.902. The Morgan fingerprint density at radius 1 is 0.926 bits per heavy atom. The van der Waals surface area contributed by atoms with E-state index in [1.807, 2.05) is 18.2 Å². The summed E-state index contributed by atoms with van der Waals surface area (Å²) < 4.78 is 10.5. The van der Waals surface area contributed by atoms with Crippen LogP contribution in [0.15, 0.2) is 42.5 Å². The molecule has 2 amide bonds. The second kappa shape index (κ2) is 10.4. The Kier molecular flexibility index (Phi) is 7.95. The van der Waals surface area contributed by atoms with Gasteiger partial charge in [0.2, 0.25) is 11.8 Å². The van der Waals surface area contributed by atoms with Crippen molar-refractivity contribution in [2.75, 3.05) is 26.1 Å². The first-order valence-corrected chi connectivity index (χ1v) is 8.92. The van der Waals surface area contributed by atoms with E-state index in [1.54, 1.807) is 38.5 Å². The van der Waals surface area contributed by atoms with Crippen LogP contribution in [0.3, 0.4) is 0 Å². The van der Waals surface area contributed by atoms with Gasteiger partial charge in [0.25, 0.3) is 0 Å². The van der Waals surface area contributed by atoms with Gasteiger partial charge in [-0.05, 0) is 48.4 Å². The maximum Gasteiger partial charge on any atom is 0.224 e. The number of ether oxygens (including phenoxy) is 2. The molecule has 0 aliphatic rings. The van der Waals surface area contributed by atoms with Crippen LogP contribution in [0, 0.1) is 0 Å². The number of carbonyl (C=O) groups is 2. The first-order chi connectivity index (χ1) is 13.0. The lowest BCUT2D eigenvalue weighted by Gasteiger charge is -2.10. The molecule has 7 heteroatoms. The minimum atomic E-state index is -0.215. The smallest absolute Gasteiger partial charge is 0.224 e. The maximum absolute atomic E-state index is 11.9. The number of rotatable bonds is 9. The van der Waals surface area contributed by atoms with E-state index in [2.05, 4.69) is 10.6 Å². The van der Waals surface area contributed by atoms with Crippen LogP contribution in [0.1, 0.15) is 18.4 Å². The van der Waals surface area contributed by atoms with E-state index in [9.17, 15) is 9.59 Å². The molecular weight excluding hydrogens is 368 g/mol. The monoisotopic (exact) mass is 390 g/mol. The molecule has 0 radical (unpaired) electrons. The van der Waals surface area contributed by atoms with Gasteiger partial charge < -0.3 is 20.1 Å². The number of anilines is 1. The van der Waals surface area contributed by atoms with Crippen LogP contribution in [0.2, 0.25) is 5.02 Å². The third-order valence-electron chi connectivity index (χ3n) is 3.89. The fraction of sp³-hybridized carbons (Fsp3) is 0.300. The molecule has 0 saturated heterocycles. The third kappa shape index (κ3) is 6.83. The summed E-state index contributed by atoms with van der Waals surface area (Å²) in [4.78, 5) is 23.8. The van der Waals surface area contributed by atoms with Gasteiger partial charge in [0.1, 0.15) is 0 Å². The van der Waals surface area contributed by atoms with E-state index in [1.165, 1.54) is 0 Å². The molecule has 144 valence electrons. The number of nitrogens with one attached hydrogen (secondary N) is 2. The summed E-state index contributed by atoms with van der Waals surface area (Å²) in [7, 11) is 3.17. The first kappa shape index (κ1) is 20.6. The number of halogens is 1. The Hall–Kier alpha value is -2.73. The predicted octanol–water partition coefficient (Wildman–Crippen LogP) is 3.43. The summed E-state index contributed by atoms with van der Waals surface area (Å²) >= 11 is 5.80. The highest BCUT2D eigenvalue weighted by Gasteiger charge is 2.08. The zero-order valence-electron chi connectivity index (χ0n) is 15.4. The van der Waals surface area contributed by atoms with E-state index in [4.69, 9.17) is 21.1 Å². The van der Waals surface area contributed by atoms with Gasteiger partial charge in [-0.15, -0.1) is 0 Å². The first-order valence-electron chi connectivity index (χ1n) is 8.55. The average molecular weight is 391 g/mol. The van der Waals surface area contributed by atoms with Crippen LogP contribution >= 0.6 is 11.6 Å². The maximum atomic E-state index is 11.9. The van der Waals surface area contributed by atoms with Crippen molar-refractivity contribution in [2.45, 2.75) is 19.3 Å². The Morgan fingerprint density at radius 3 is 2.26 bits per heavy atom. The van der Waals surface area contributed by atoms with Crippen LogP contribution in [0.5, 0.6) is 11.5 Å². The van der Waals surface area contributed by atoms with Gasteiger partial charge in [0.15, 0.2) is 11.5 Å². The lowest BCUT2D eigenvalue weighted by atomic mass is 10.1. The van der Waals surface area contributed by atoms with E-state index in [-0.39, 0.29) is 24.7 Å². The molecule has 2 aromatic rings. The molecule has 0 spiro atoms. The second-order valence-corrected chi connectivity index (χ2v) is 6.28. The van der Waals surface area contributed by atoms with Gasteiger partial charge in [-0.3, -0.25) is 9.59 Å². The number of carbonyl (C=O) groups excluding carboxylic acids is 2. The quantitative estimate of drug-likeness (QED) is 0.687. The minimum Gasteiger partial charge on any atom is -0.493 e. The number of hydrogen-bond donors (Lipinski definition) is 2. The Morgan fingerprint density at radius 2 is 1.59 bits per heavy atom. The Bertz CT molecular complexity index is 778. The van der Waals surface area contributed by atoms with Crippen LogP contribution < -0.4 is 20.1 Å². The molecule has 0 aliphatic heterocycles. The molecule has 27 heavy (non-hydrogen) atoms. The van der Waals surface area contributed by atoms with Crippen molar-refractivity contribution in [3.63, 3.8) is 0 Å². The highest BCUT2D eigenvalue weighted by atomic mass is 35.5. The number of methoxy groups -OCH3 is 2. The van der Waals surface area contributed by atoms with Crippen molar-refractivity contribution >= 4 is 29.1 Å². The van der Waals surface area contributed by atoms with Gasteiger partial charge in [0.05, 0.1) is 14.2 Å². The standard InChI is InChI=1S/C20H23ClN2O4/c1-26-17-8-3-14(13-18(17)27-2)11-12-22-19(24)9-10-20(25)23-16-6-4-15(21)5-7-16/h3-8,13H,9-12H2,1-2H3,(H,22,24)(H,23,25). The Labute approximate surface area is 163 Å². The molecule has 6 nitrogen and oxygen atoms in total.